The highest BCUT2D eigenvalue weighted by Gasteiger charge is 2.17. The lowest BCUT2D eigenvalue weighted by molar-refractivity contribution is 0.0697. The number of halogens is 1. The number of carbonyl (C=O) groups is 1. The molecule has 0 saturated carbocycles. The topological polar surface area (TPSA) is 101 Å². The molecule has 0 aliphatic heterocycles. The van der Waals surface area contributed by atoms with Gasteiger partial charge >= 0.3 is 5.97 Å². The molecule has 1 heterocycles. The summed E-state index contributed by atoms with van der Waals surface area (Å²) in [5.74, 6) is -1.17. The van der Waals surface area contributed by atoms with Crippen LogP contribution < -0.4 is 4.90 Å². The lowest BCUT2D eigenvalue weighted by Gasteiger charge is -2.18. The number of nitrogens with zero attached hydrogens (tertiary/aromatic N) is 4. The minimum absolute atomic E-state index is 0.0214. The fourth-order valence-electron chi connectivity index (χ4n) is 1.21. The average Bonchev–Trinajstić information content (AvgIpc) is 2.28. The van der Waals surface area contributed by atoms with Crippen molar-refractivity contribution in [2.24, 2.45) is 0 Å². The highest BCUT2D eigenvalue weighted by Crippen LogP contribution is 2.20. The highest BCUT2D eigenvalue weighted by molar-refractivity contribution is 6.29. The second-order valence-corrected chi connectivity index (χ2v) is 3.37. The lowest BCUT2D eigenvalue weighted by atomic mass is 10.2. The zero-order valence-corrected chi connectivity index (χ0v) is 9.35. The molecule has 0 amide bonds. The van der Waals surface area contributed by atoms with Crippen LogP contribution in [0.1, 0.15) is 10.4 Å². The van der Waals surface area contributed by atoms with Crippen molar-refractivity contribution >= 4 is 23.4 Å². The number of anilines is 1. The Labute approximate surface area is 102 Å². The second kappa shape index (κ2) is 5.69. The van der Waals surface area contributed by atoms with E-state index in [2.05, 4.69) is 4.98 Å². The summed E-state index contributed by atoms with van der Waals surface area (Å²) < 4.78 is 0. The van der Waals surface area contributed by atoms with Crippen molar-refractivity contribution in [2.45, 2.75) is 0 Å². The molecule has 0 spiro atoms. The lowest BCUT2D eigenvalue weighted by Crippen LogP contribution is -2.27. The zero-order chi connectivity index (χ0) is 12.8. The number of carboxylic acids is 1. The van der Waals surface area contributed by atoms with E-state index in [1.54, 1.807) is 0 Å². The molecule has 86 valence electrons. The third-order valence-electron chi connectivity index (χ3n) is 1.89. The van der Waals surface area contributed by atoms with Gasteiger partial charge in [-0.2, -0.15) is 10.5 Å². The number of nitriles is 2. The van der Waals surface area contributed by atoms with Gasteiger partial charge in [-0.3, -0.25) is 0 Å². The smallest absolute Gasteiger partial charge is 0.339 e. The van der Waals surface area contributed by atoms with Crippen molar-refractivity contribution in [3.05, 3.63) is 22.8 Å². The molecule has 0 fully saturated rings. The van der Waals surface area contributed by atoms with Gasteiger partial charge in [0.05, 0.1) is 12.1 Å². The summed E-state index contributed by atoms with van der Waals surface area (Å²) in [6, 6.07) is 6.30. The van der Waals surface area contributed by atoms with Gasteiger partial charge < -0.3 is 10.0 Å². The molecule has 0 atom stereocenters. The van der Waals surface area contributed by atoms with Crippen molar-refractivity contribution in [1.82, 2.24) is 4.98 Å². The Balaban J connectivity index is 3.25. The van der Waals surface area contributed by atoms with Gasteiger partial charge in [0.25, 0.3) is 0 Å². The van der Waals surface area contributed by atoms with Crippen molar-refractivity contribution in [3.8, 4) is 12.1 Å². The Morgan fingerprint density at radius 3 is 2.47 bits per heavy atom. The first-order chi connectivity index (χ1) is 8.10. The van der Waals surface area contributed by atoms with Crippen LogP contribution in [-0.2, 0) is 0 Å². The first-order valence-electron chi connectivity index (χ1n) is 4.48. The normalized spacial score (nSPS) is 9.12. The van der Waals surface area contributed by atoms with Crippen molar-refractivity contribution in [3.63, 3.8) is 0 Å². The number of aromatic nitrogens is 1. The van der Waals surface area contributed by atoms with Crippen molar-refractivity contribution in [2.75, 3.05) is 18.0 Å². The molecule has 17 heavy (non-hydrogen) atoms. The maximum atomic E-state index is 11.0. The molecule has 0 aromatic carbocycles. The first-order valence-corrected chi connectivity index (χ1v) is 4.86. The van der Waals surface area contributed by atoms with Crippen molar-refractivity contribution in [1.29, 1.82) is 10.5 Å². The fourth-order valence-corrected chi connectivity index (χ4v) is 1.35. The second-order valence-electron chi connectivity index (χ2n) is 2.98. The maximum Gasteiger partial charge on any atom is 0.339 e. The molecule has 6 nitrogen and oxygen atoms in total. The van der Waals surface area contributed by atoms with E-state index in [4.69, 9.17) is 27.2 Å². The Morgan fingerprint density at radius 1 is 1.41 bits per heavy atom. The molecule has 7 heteroatoms. The SMILES string of the molecule is N#CCN(CC#N)c1nc(Cl)ccc1C(=O)O. The number of carboxylic acid groups (broad SMARTS) is 1. The standard InChI is InChI=1S/C10H7ClN4O2/c11-8-2-1-7(10(16)17)9(14-8)15(5-3-12)6-4-13/h1-2H,5-6H2,(H,16,17). The number of rotatable bonds is 4. The maximum absolute atomic E-state index is 11.0. The minimum Gasteiger partial charge on any atom is -0.478 e. The summed E-state index contributed by atoms with van der Waals surface area (Å²) >= 11 is 5.67. The molecule has 0 radical (unpaired) electrons. The van der Waals surface area contributed by atoms with E-state index in [1.165, 1.54) is 17.0 Å². The minimum atomic E-state index is -1.19. The Hall–Kier alpha value is -2.31. The van der Waals surface area contributed by atoms with Gasteiger partial charge in [0, 0.05) is 0 Å². The fraction of sp³-hybridized carbons (Fsp3) is 0.200. The molecule has 1 N–H and O–H groups in total. The average molecular weight is 251 g/mol. The number of hydrogen-bond acceptors (Lipinski definition) is 5. The number of aromatic carboxylic acids is 1. The van der Waals surface area contributed by atoms with Crippen LogP contribution in [0.2, 0.25) is 5.15 Å². The Bertz CT molecular complexity index is 502. The summed E-state index contributed by atoms with van der Waals surface area (Å²) in [6.07, 6.45) is 0. The Kier molecular flexibility index (Phi) is 4.27. The summed E-state index contributed by atoms with van der Waals surface area (Å²) in [4.78, 5) is 16.1. The van der Waals surface area contributed by atoms with Gasteiger partial charge in [0.1, 0.15) is 29.6 Å². The third-order valence-corrected chi connectivity index (χ3v) is 2.10. The first kappa shape index (κ1) is 12.8. The van der Waals surface area contributed by atoms with Crippen LogP contribution in [0, 0.1) is 22.7 Å². The summed E-state index contributed by atoms with van der Waals surface area (Å²) in [5, 5.41) is 26.3. The molecule has 0 bridgehead atoms. The van der Waals surface area contributed by atoms with Crippen LogP contribution >= 0.6 is 11.6 Å². The predicted octanol–water partition coefficient (Wildman–Crippen LogP) is 1.29. The van der Waals surface area contributed by atoms with Crippen LogP contribution in [0.4, 0.5) is 5.82 Å². The Morgan fingerprint density at radius 2 is 2.00 bits per heavy atom. The van der Waals surface area contributed by atoms with E-state index in [0.29, 0.717) is 0 Å². The quantitative estimate of drug-likeness (QED) is 0.638. The van der Waals surface area contributed by atoms with E-state index in [1.807, 2.05) is 12.1 Å². The molecule has 1 aromatic rings. The number of pyridine rings is 1. The zero-order valence-electron chi connectivity index (χ0n) is 8.59. The van der Waals surface area contributed by atoms with Gasteiger partial charge in [-0.25, -0.2) is 9.78 Å². The van der Waals surface area contributed by atoms with E-state index in [9.17, 15) is 4.79 Å². The monoisotopic (exact) mass is 250 g/mol. The highest BCUT2D eigenvalue weighted by atomic mass is 35.5. The molecular formula is C10H7ClN4O2. The van der Waals surface area contributed by atoms with Crippen LogP contribution in [0.5, 0.6) is 0 Å². The van der Waals surface area contributed by atoms with Gasteiger partial charge in [-0.1, -0.05) is 11.6 Å². The third kappa shape index (κ3) is 3.07. The van der Waals surface area contributed by atoms with E-state index < -0.39 is 5.97 Å². The molecular weight excluding hydrogens is 244 g/mol. The van der Waals surface area contributed by atoms with Crippen molar-refractivity contribution < 1.29 is 9.90 Å². The molecule has 0 aliphatic carbocycles. The molecule has 0 unspecified atom stereocenters. The molecule has 1 rings (SSSR count). The van der Waals surface area contributed by atoms with Gasteiger partial charge in [0.15, 0.2) is 0 Å². The molecule has 0 aliphatic rings. The summed E-state index contributed by atoms with van der Waals surface area (Å²) in [5.41, 5.74) is -0.0973. The van der Waals surface area contributed by atoms with Gasteiger partial charge in [0.2, 0.25) is 0 Å². The molecule has 1 aromatic heterocycles. The number of hydrogen-bond donors (Lipinski definition) is 1. The van der Waals surface area contributed by atoms with Gasteiger partial charge in [-0.05, 0) is 12.1 Å². The van der Waals surface area contributed by atoms with Crippen LogP contribution in [-0.4, -0.2) is 29.1 Å². The predicted molar refractivity (Wildman–Crippen MR) is 59.6 cm³/mol. The van der Waals surface area contributed by atoms with Crippen LogP contribution in [0.15, 0.2) is 12.1 Å². The summed E-state index contributed by atoms with van der Waals surface area (Å²) in [6.45, 7) is -0.275. The van der Waals surface area contributed by atoms with E-state index in [0.717, 1.165) is 0 Å². The summed E-state index contributed by atoms with van der Waals surface area (Å²) in [7, 11) is 0. The van der Waals surface area contributed by atoms with Crippen LogP contribution in [0.3, 0.4) is 0 Å². The largest absolute Gasteiger partial charge is 0.478 e. The van der Waals surface area contributed by atoms with E-state index >= 15 is 0 Å². The van der Waals surface area contributed by atoms with Crippen LogP contribution in [0.25, 0.3) is 0 Å². The van der Waals surface area contributed by atoms with E-state index in [-0.39, 0.29) is 29.6 Å². The van der Waals surface area contributed by atoms with Gasteiger partial charge in [-0.15, -0.1) is 0 Å². The molecule has 0 saturated heterocycles.